The van der Waals surface area contributed by atoms with Crippen LogP contribution in [0.2, 0.25) is 5.02 Å². The van der Waals surface area contributed by atoms with Crippen molar-refractivity contribution in [2.75, 3.05) is 0 Å². The quantitative estimate of drug-likeness (QED) is 0.564. The topological polar surface area (TPSA) is 97.1 Å². The van der Waals surface area contributed by atoms with Crippen LogP contribution in [0.25, 0.3) is 5.69 Å². The molecule has 0 saturated heterocycles. The molecule has 156 valence electrons. The van der Waals surface area contributed by atoms with Crippen LogP contribution < -0.4 is 5.32 Å². The molecule has 3 rings (SSSR count). The second-order valence-corrected chi connectivity index (χ2v) is 7.41. The molecule has 0 aliphatic rings. The standard InChI is InChI=1S/C22H23ClN4O3/c1-3-6-19-25-21(26-27(19)18-8-5-4-7-16(18)23)22(30)24-17(13-20(28)29)15-11-9-14(2)10-12-15/h4-5,7-12,17H,3,6,13H2,1-2H3,(H,24,30)(H,28,29)/t17-/m0/s1. The highest BCUT2D eigenvalue weighted by molar-refractivity contribution is 6.32. The van der Waals surface area contributed by atoms with Gasteiger partial charge in [0, 0.05) is 6.42 Å². The van der Waals surface area contributed by atoms with Crippen LogP contribution >= 0.6 is 11.6 Å². The van der Waals surface area contributed by atoms with Crippen LogP contribution in [0.4, 0.5) is 0 Å². The minimum atomic E-state index is -1.01. The maximum absolute atomic E-state index is 12.9. The molecule has 0 spiro atoms. The first-order chi connectivity index (χ1) is 14.4. The molecule has 1 amide bonds. The average molecular weight is 427 g/mol. The molecule has 0 saturated carbocycles. The van der Waals surface area contributed by atoms with Crippen molar-refractivity contribution in [3.63, 3.8) is 0 Å². The third-order valence-corrected chi connectivity index (χ3v) is 4.91. The van der Waals surface area contributed by atoms with E-state index in [9.17, 15) is 14.7 Å². The van der Waals surface area contributed by atoms with Crippen molar-refractivity contribution in [1.29, 1.82) is 0 Å². The third-order valence-electron chi connectivity index (χ3n) is 4.60. The number of nitrogens with zero attached hydrogens (tertiary/aromatic N) is 3. The molecule has 30 heavy (non-hydrogen) atoms. The normalized spacial score (nSPS) is 11.8. The van der Waals surface area contributed by atoms with Crippen LogP contribution in [0.15, 0.2) is 48.5 Å². The van der Waals surface area contributed by atoms with E-state index in [0.29, 0.717) is 28.5 Å². The summed E-state index contributed by atoms with van der Waals surface area (Å²) in [6.45, 7) is 3.95. The summed E-state index contributed by atoms with van der Waals surface area (Å²) < 4.78 is 1.57. The Hall–Kier alpha value is -3.19. The van der Waals surface area contributed by atoms with E-state index in [1.165, 1.54) is 0 Å². The molecule has 0 fully saturated rings. The maximum Gasteiger partial charge on any atom is 0.305 e. The molecule has 3 aromatic rings. The summed E-state index contributed by atoms with van der Waals surface area (Å²) in [6, 6.07) is 13.9. The van der Waals surface area contributed by atoms with Crippen molar-refractivity contribution in [1.82, 2.24) is 20.1 Å². The number of benzene rings is 2. The molecule has 0 radical (unpaired) electrons. The Balaban J connectivity index is 1.91. The molecule has 2 aromatic carbocycles. The molecular formula is C22H23ClN4O3. The highest BCUT2D eigenvalue weighted by Crippen LogP contribution is 2.22. The number of hydrogen-bond acceptors (Lipinski definition) is 4. The van der Waals surface area contributed by atoms with E-state index in [4.69, 9.17) is 11.6 Å². The molecule has 1 atom stereocenters. The highest BCUT2D eigenvalue weighted by Gasteiger charge is 2.23. The number of aryl methyl sites for hydroxylation is 2. The summed E-state index contributed by atoms with van der Waals surface area (Å²) in [5, 5.41) is 16.9. The van der Waals surface area contributed by atoms with Gasteiger partial charge in [-0.05, 0) is 31.0 Å². The van der Waals surface area contributed by atoms with Gasteiger partial charge in [-0.3, -0.25) is 9.59 Å². The van der Waals surface area contributed by atoms with E-state index in [0.717, 1.165) is 12.0 Å². The van der Waals surface area contributed by atoms with E-state index in [2.05, 4.69) is 15.4 Å². The molecule has 2 N–H and O–H groups in total. The number of rotatable bonds is 8. The summed E-state index contributed by atoms with van der Waals surface area (Å²) in [5.74, 6) is -0.964. The number of aromatic nitrogens is 3. The largest absolute Gasteiger partial charge is 0.481 e. The number of carbonyl (C=O) groups is 2. The number of hydrogen-bond donors (Lipinski definition) is 2. The predicted octanol–water partition coefficient (Wildman–Crippen LogP) is 4.13. The van der Waals surface area contributed by atoms with Gasteiger partial charge in [-0.2, -0.15) is 0 Å². The molecule has 1 aromatic heterocycles. The molecule has 0 aliphatic heterocycles. The van der Waals surface area contributed by atoms with Crippen LogP contribution in [-0.4, -0.2) is 31.7 Å². The first-order valence-corrected chi connectivity index (χ1v) is 10.1. The maximum atomic E-state index is 12.9. The summed E-state index contributed by atoms with van der Waals surface area (Å²) in [7, 11) is 0. The Morgan fingerprint density at radius 3 is 2.50 bits per heavy atom. The van der Waals surface area contributed by atoms with Crippen molar-refractivity contribution in [3.8, 4) is 5.69 Å². The van der Waals surface area contributed by atoms with Crippen LogP contribution in [-0.2, 0) is 11.2 Å². The number of para-hydroxylation sites is 1. The molecule has 0 bridgehead atoms. The second kappa shape index (κ2) is 9.54. The third kappa shape index (κ3) is 5.04. The molecule has 0 aliphatic carbocycles. The van der Waals surface area contributed by atoms with Gasteiger partial charge in [-0.15, -0.1) is 5.10 Å². The van der Waals surface area contributed by atoms with Gasteiger partial charge in [-0.25, -0.2) is 9.67 Å². The van der Waals surface area contributed by atoms with Gasteiger partial charge in [0.05, 0.1) is 23.2 Å². The molecule has 8 heteroatoms. The van der Waals surface area contributed by atoms with Gasteiger partial charge in [0.15, 0.2) is 0 Å². The van der Waals surface area contributed by atoms with Crippen molar-refractivity contribution in [3.05, 3.63) is 76.3 Å². The zero-order valence-corrected chi connectivity index (χ0v) is 17.6. The van der Waals surface area contributed by atoms with Crippen molar-refractivity contribution in [2.24, 2.45) is 0 Å². The lowest BCUT2D eigenvalue weighted by molar-refractivity contribution is -0.137. The van der Waals surface area contributed by atoms with E-state index in [1.807, 2.05) is 50.2 Å². The summed E-state index contributed by atoms with van der Waals surface area (Å²) in [4.78, 5) is 28.6. The Morgan fingerprint density at radius 2 is 1.87 bits per heavy atom. The number of carboxylic acids is 1. The molecular weight excluding hydrogens is 404 g/mol. The van der Waals surface area contributed by atoms with Gasteiger partial charge in [0.2, 0.25) is 5.82 Å². The fourth-order valence-electron chi connectivity index (χ4n) is 3.09. The minimum absolute atomic E-state index is 0.0270. The Kier molecular flexibility index (Phi) is 6.84. The predicted molar refractivity (Wildman–Crippen MR) is 114 cm³/mol. The fraction of sp³-hybridized carbons (Fsp3) is 0.273. The number of halogens is 1. The Bertz CT molecular complexity index is 1050. The lowest BCUT2D eigenvalue weighted by Gasteiger charge is -2.16. The van der Waals surface area contributed by atoms with Crippen LogP contribution in [0.1, 0.15) is 53.4 Å². The number of carboxylic acid groups (broad SMARTS) is 1. The summed E-state index contributed by atoms with van der Waals surface area (Å²) >= 11 is 6.30. The SMILES string of the molecule is CCCc1nc(C(=O)N[C@@H](CC(=O)O)c2ccc(C)cc2)nn1-c1ccccc1Cl. The van der Waals surface area contributed by atoms with E-state index in [-0.39, 0.29) is 12.2 Å². The lowest BCUT2D eigenvalue weighted by atomic mass is 10.0. The average Bonchev–Trinajstić information content (AvgIpc) is 3.12. The van der Waals surface area contributed by atoms with Gasteiger partial charge in [-0.1, -0.05) is 60.5 Å². The van der Waals surface area contributed by atoms with Crippen molar-refractivity contribution in [2.45, 2.75) is 39.2 Å². The molecule has 1 heterocycles. The van der Waals surface area contributed by atoms with Crippen molar-refractivity contribution >= 4 is 23.5 Å². The summed E-state index contributed by atoms with van der Waals surface area (Å²) in [6.07, 6.45) is 1.18. The number of carbonyl (C=O) groups excluding carboxylic acids is 1. The minimum Gasteiger partial charge on any atom is -0.481 e. The van der Waals surface area contributed by atoms with E-state index in [1.54, 1.807) is 16.8 Å². The van der Waals surface area contributed by atoms with E-state index >= 15 is 0 Å². The number of amides is 1. The van der Waals surface area contributed by atoms with Crippen molar-refractivity contribution < 1.29 is 14.7 Å². The van der Waals surface area contributed by atoms with Gasteiger partial charge >= 0.3 is 5.97 Å². The zero-order valence-electron chi connectivity index (χ0n) is 16.8. The van der Waals surface area contributed by atoms with Crippen LogP contribution in [0.5, 0.6) is 0 Å². The first-order valence-electron chi connectivity index (χ1n) is 9.69. The Morgan fingerprint density at radius 1 is 1.17 bits per heavy atom. The smallest absolute Gasteiger partial charge is 0.305 e. The monoisotopic (exact) mass is 426 g/mol. The van der Waals surface area contributed by atoms with Crippen LogP contribution in [0, 0.1) is 6.92 Å². The highest BCUT2D eigenvalue weighted by atomic mass is 35.5. The molecule has 0 unspecified atom stereocenters. The van der Waals surface area contributed by atoms with Gasteiger partial charge in [0.1, 0.15) is 5.82 Å². The number of nitrogens with one attached hydrogen (secondary N) is 1. The molecule has 7 nitrogen and oxygen atoms in total. The summed E-state index contributed by atoms with van der Waals surface area (Å²) in [5.41, 5.74) is 2.38. The van der Waals surface area contributed by atoms with Crippen LogP contribution in [0.3, 0.4) is 0 Å². The van der Waals surface area contributed by atoms with E-state index < -0.39 is 17.9 Å². The Labute approximate surface area is 179 Å². The van der Waals surface area contributed by atoms with Gasteiger partial charge < -0.3 is 10.4 Å². The first kappa shape index (κ1) is 21.5. The zero-order chi connectivity index (χ0) is 21.7. The lowest BCUT2D eigenvalue weighted by Crippen LogP contribution is -2.31. The van der Waals surface area contributed by atoms with Gasteiger partial charge in [0.25, 0.3) is 5.91 Å². The second-order valence-electron chi connectivity index (χ2n) is 7.00. The number of aliphatic carboxylic acids is 1. The fourth-order valence-corrected chi connectivity index (χ4v) is 3.31.